The monoisotopic (exact) mass is 402 g/mol. The van der Waals surface area contributed by atoms with E-state index < -0.39 is 6.04 Å². The zero-order chi connectivity index (χ0) is 20.8. The molecule has 0 radical (unpaired) electrons. The summed E-state index contributed by atoms with van der Waals surface area (Å²) in [5.41, 5.74) is 0.946. The van der Waals surface area contributed by atoms with Crippen LogP contribution in [0.3, 0.4) is 0 Å². The van der Waals surface area contributed by atoms with Crippen molar-refractivity contribution in [2.24, 2.45) is 5.92 Å². The Kier molecular flexibility index (Phi) is 7.40. The second-order valence-corrected chi connectivity index (χ2v) is 8.39. The molecule has 2 atom stereocenters. The van der Waals surface area contributed by atoms with Gasteiger partial charge in [0.1, 0.15) is 6.04 Å². The van der Waals surface area contributed by atoms with Crippen molar-refractivity contribution < 1.29 is 19.1 Å². The summed E-state index contributed by atoms with van der Waals surface area (Å²) in [5, 5.41) is 5.93. The summed E-state index contributed by atoms with van der Waals surface area (Å²) in [5.74, 6) is 1.36. The fourth-order valence-corrected chi connectivity index (χ4v) is 4.53. The van der Waals surface area contributed by atoms with Crippen molar-refractivity contribution in [3.05, 3.63) is 23.8 Å². The Balaban J connectivity index is 1.67. The van der Waals surface area contributed by atoms with E-state index in [9.17, 15) is 9.59 Å². The minimum atomic E-state index is -0.468. The molecular formula is C23H34N2O4. The normalized spacial score (nSPS) is 19.6. The van der Waals surface area contributed by atoms with Crippen LogP contribution < -0.4 is 20.1 Å². The molecule has 0 saturated heterocycles. The zero-order valence-electron chi connectivity index (χ0n) is 17.8. The van der Waals surface area contributed by atoms with Gasteiger partial charge in [-0.05, 0) is 69.1 Å². The molecule has 2 fully saturated rings. The first-order chi connectivity index (χ1) is 14.0. The van der Waals surface area contributed by atoms with Crippen LogP contribution in [-0.4, -0.2) is 31.1 Å². The van der Waals surface area contributed by atoms with Crippen molar-refractivity contribution in [2.45, 2.75) is 83.4 Å². The molecule has 1 aromatic rings. The molecule has 2 unspecified atom stereocenters. The first-order valence-corrected chi connectivity index (χ1v) is 10.9. The molecular weight excluding hydrogens is 368 g/mol. The summed E-state index contributed by atoms with van der Waals surface area (Å²) in [6.45, 7) is 3.41. The van der Waals surface area contributed by atoms with Crippen molar-refractivity contribution >= 4 is 11.8 Å². The Morgan fingerprint density at radius 3 is 2.28 bits per heavy atom. The number of nitrogens with one attached hydrogen (secondary N) is 2. The predicted octanol–water partition coefficient (Wildman–Crippen LogP) is 3.89. The van der Waals surface area contributed by atoms with Gasteiger partial charge < -0.3 is 20.1 Å². The smallest absolute Gasteiger partial charge is 0.243 e. The van der Waals surface area contributed by atoms with E-state index in [0.717, 1.165) is 49.8 Å². The van der Waals surface area contributed by atoms with Gasteiger partial charge in [0.25, 0.3) is 0 Å². The van der Waals surface area contributed by atoms with Crippen LogP contribution >= 0.6 is 0 Å². The molecule has 6 nitrogen and oxygen atoms in total. The largest absolute Gasteiger partial charge is 0.493 e. The highest BCUT2D eigenvalue weighted by Crippen LogP contribution is 2.34. The number of amides is 2. The van der Waals surface area contributed by atoms with Crippen LogP contribution in [0.1, 0.15) is 76.8 Å². The predicted molar refractivity (Wildman–Crippen MR) is 112 cm³/mol. The van der Waals surface area contributed by atoms with Crippen molar-refractivity contribution in [1.29, 1.82) is 0 Å². The maximum absolute atomic E-state index is 12.9. The van der Waals surface area contributed by atoms with Crippen LogP contribution in [0.4, 0.5) is 0 Å². The lowest BCUT2D eigenvalue weighted by Gasteiger charge is -2.26. The summed E-state index contributed by atoms with van der Waals surface area (Å²) >= 11 is 0. The SMILES string of the molecule is COc1cc(C(C)NC(=O)C(NC(C)=O)C2CCCC2)ccc1OC1CCCC1. The van der Waals surface area contributed by atoms with Gasteiger partial charge in [-0.15, -0.1) is 0 Å². The van der Waals surface area contributed by atoms with Gasteiger partial charge in [0.2, 0.25) is 11.8 Å². The lowest BCUT2D eigenvalue weighted by Crippen LogP contribution is -2.50. The molecule has 3 rings (SSSR count). The first-order valence-electron chi connectivity index (χ1n) is 10.9. The van der Waals surface area contributed by atoms with E-state index in [1.165, 1.54) is 19.8 Å². The number of benzene rings is 1. The molecule has 0 bridgehead atoms. The standard InChI is InChI=1S/C23H34N2O4/c1-15(24-23(27)22(25-16(2)26)17-8-4-5-9-17)18-12-13-20(21(14-18)28-3)29-19-10-6-7-11-19/h12-15,17,19,22H,4-11H2,1-3H3,(H,24,27)(H,25,26). The zero-order valence-corrected chi connectivity index (χ0v) is 17.8. The molecule has 0 spiro atoms. The van der Waals surface area contributed by atoms with Crippen LogP contribution in [0.25, 0.3) is 0 Å². The molecule has 0 aliphatic heterocycles. The summed E-state index contributed by atoms with van der Waals surface area (Å²) in [6, 6.07) is 5.16. The van der Waals surface area contributed by atoms with Gasteiger partial charge in [0.05, 0.1) is 19.3 Å². The minimum Gasteiger partial charge on any atom is -0.493 e. The second-order valence-electron chi connectivity index (χ2n) is 8.39. The molecule has 2 N–H and O–H groups in total. The Hall–Kier alpha value is -2.24. The van der Waals surface area contributed by atoms with Crippen molar-refractivity contribution in [3.63, 3.8) is 0 Å². The summed E-state index contributed by atoms with van der Waals surface area (Å²) in [7, 11) is 1.64. The highest BCUT2D eigenvalue weighted by molar-refractivity contribution is 5.87. The van der Waals surface area contributed by atoms with Gasteiger partial charge in [0, 0.05) is 6.92 Å². The highest BCUT2D eigenvalue weighted by Gasteiger charge is 2.32. The van der Waals surface area contributed by atoms with Gasteiger partial charge in [-0.25, -0.2) is 0 Å². The van der Waals surface area contributed by atoms with Crippen molar-refractivity contribution in [1.82, 2.24) is 10.6 Å². The Labute approximate surface area is 173 Å². The number of hydrogen-bond donors (Lipinski definition) is 2. The third kappa shape index (κ3) is 5.64. The third-order valence-electron chi connectivity index (χ3n) is 6.15. The molecule has 29 heavy (non-hydrogen) atoms. The van der Waals surface area contributed by atoms with Gasteiger partial charge >= 0.3 is 0 Å². The summed E-state index contributed by atoms with van der Waals surface area (Å²) < 4.78 is 11.6. The van der Waals surface area contributed by atoms with Crippen molar-refractivity contribution in [3.8, 4) is 11.5 Å². The van der Waals surface area contributed by atoms with E-state index in [2.05, 4.69) is 10.6 Å². The molecule has 2 saturated carbocycles. The average Bonchev–Trinajstić information content (AvgIpc) is 3.40. The highest BCUT2D eigenvalue weighted by atomic mass is 16.5. The molecule has 160 valence electrons. The van der Waals surface area contributed by atoms with Crippen molar-refractivity contribution in [2.75, 3.05) is 7.11 Å². The summed E-state index contributed by atoms with van der Waals surface area (Å²) in [4.78, 5) is 24.5. The molecule has 0 aromatic heterocycles. The fourth-order valence-electron chi connectivity index (χ4n) is 4.53. The van der Waals surface area contributed by atoms with Crippen LogP contribution in [-0.2, 0) is 9.59 Å². The molecule has 2 amide bonds. The first kappa shape index (κ1) is 21.5. The average molecular weight is 403 g/mol. The summed E-state index contributed by atoms with van der Waals surface area (Å²) in [6.07, 6.45) is 9.05. The van der Waals surface area contributed by atoms with E-state index in [1.807, 2.05) is 25.1 Å². The van der Waals surface area contributed by atoms with E-state index in [-0.39, 0.29) is 29.9 Å². The Morgan fingerprint density at radius 2 is 1.66 bits per heavy atom. The lowest BCUT2D eigenvalue weighted by atomic mass is 9.96. The fraction of sp³-hybridized carbons (Fsp3) is 0.652. The van der Waals surface area contributed by atoms with E-state index >= 15 is 0 Å². The van der Waals surface area contributed by atoms with E-state index in [0.29, 0.717) is 5.75 Å². The number of methoxy groups -OCH3 is 1. The molecule has 1 aromatic carbocycles. The molecule has 0 heterocycles. The van der Waals surface area contributed by atoms with Crippen LogP contribution in [0.15, 0.2) is 18.2 Å². The lowest BCUT2D eigenvalue weighted by molar-refractivity contribution is -0.129. The van der Waals surface area contributed by atoms with Crippen LogP contribution in [0, 0.1) is 5.92 Å². The Morgan fingerprint density at radius 1 is 1.00 bits per heavy atom. The van der Waals surface area contributed by atoms with E-state index in [1.54, 1.807) is 7.11 Å². The van der Waals surface area contributed by atoms with E-state index in [4.69, 9.17) is 9.47 Å². The Bertz CT molecular complexity index is 709. The number of rotatable bonds is 8. The number of carbonyl (C=O) groups is 2. The second kappa shape index (κ2) is 9.99. The van der Waals surface area contributed by atoms with Crippen LogP contribution in [0.2, 0.25) is 0 Å². The minimum absolute atomic E-state index is 0.121. The molecule has 2 aliphatic carbocycles. The number of ether oxygens (including phenoxy) is 2. The molecule has 2 aliphatic rings. The van der Waals surface area contributed by atoms with Gasteiger partial charge in [-0.1, -0.05) is 18.9 Å². The maximum atomic E-state index is 12.9. The van der Waals surface area contributed by atoms with Gasteiger partial charge in [0.15, 0.2) is 11.5 Å². The van der Waals surface area contributed by atoms with Gasteiger partial charge in [-0.2, -0.15) is 0 Å². The van der Waals surface area contributed by atoms with Crippen LogP contribution in [0.5, 0.6) is 11.5 Å². The topological polar surface area (TPSA) is 76.7 Å². The quantitative estimate of drug-likeness (QED) is 0.692. The maximum Gasteiger partial charge on any atom is 0.243 e. The third-order valence-corrected chi connectivity index (χ3v) is 6.15. The number of carbonyl (C=O) groups excluding carboxylic acids is 2. The van der Waals surface area contributed by atoms with Gasteiger partial charge in [-0.3, -0.25) is 9.59 Å². The number of hydrogen-bond acceptors (Lipinski definition) is 4. The molecule has 6 heteroatoms.